The van der Waals surface area contributed by atoms with E-state index in [1.54, 1.807) is 24.3 Å². The molecule has 0 unspecified atom stereocenters. The molecule has 27 heavy (non-hydrogen) atoms. The Morgan fingerprint density at radius 2 is 1.85 bits per heavy atom. The molecule has 0 bridgehead atoms. The van der Waals surface area contributed by atoms with Gasteiger partial charge >= 0.3 is 6.09 Å². The maximum Gasteiger partial charge on any atom is 0.412 e. The molecule has 10 heteroatoms. The Labute approximate surface area is 160 Å². The molecule has 0 saturated carbocycles. The van der Waals surface area contributed by atoms with Gasteiger partial charge in [-0.15, -0.1) is 0 Å². The van der Waals surface area contributed by atoms with Crippen LogP contribution in [0.3, 0.4) is 0 Å². The lowest BCUT2D eigenvalue weighted by molar-refractivity contribution is 0.0724. The van der Waals surface area contributed by atoms with Crippen molar-refractivity contribution in [3.63, 3.8) is 0 Å². The molecule has 9 nitrogen and oxygen atoms in total. The first-order valence-electron chi connectivity index (χ1n) is 8.74. The fourth-order valence-electron chi connectivity index (χ4n) is 2.46. The van der Waals surface area contributed by atoms with Gasteiger partial charge in [0.1, 0.15) is 5.75 Å². The Morgan fingerprint density at radius 3 is 2.41 bits per heavy atom. The van der Waals surface area contributed by atoms with Crippen molar-refractivity contribution in [2.75, 3.05) is 38.6 Å². The minimum atomic E-state index is -3.64. The Hall–Kier alpha value is -1.88. The van der Waals surface area contributed by atoms with Crippen molar-refractivity contribution in [2.45, 2.75) is 26.8 Å². The zero-order chi connectivity index (χ0) is 20.1. The highest BCUT2D eigenvalue weighted by Gasteiger charge is 2.30. The summed E-state index contributed by atoms with van der Waals surface area (Å²) in [7, 11) is -3.64. The van der Waals surface area contributed by atoms with Gasteiger partial charge in [0.05, 0.1) is 19.3 Å². The van der Waals surface area contributed by atoms with E-state index in [2.05, 4.69) is 10.0 Å². The molecule has 1 aromatic rings. The molecule has 1 aromatic carbocycles. The number of carbonyl (C=O) groups excluding carboxylic acids is 1. The van der Waals surface area contributed by atoms with Crippen LogP contribution in [0.4, 0.5) is 10.5 Å². The third-order valence-corrected chi connectivity index (χ3v) is 5.78. The number of nitrogens with two attached hydrogens (primary N) is 1. The number of ether oxygens (including phenoxy) is 2. The lowest BCUT2D eigenvalue weighted by Gasteiger charge is -2.32. The van der Waals surface area contributed by atoms with E-state index < -0.39 is 27.8 Å². The van der Waals surface area contributed by atoms with E-state index in [1.165, 1.54) is 4.31 Å². The predicted molar refractivity (Wildman–Crippen MR) is 103 cm³/mol. The average Bonchev–Trinajstić information content (AvgIpc) is 2.60. The lowest BCUT2D eigenvalue weighted by Crippen LogP contribution is -2.54. The molecule has 2 rings (SSSR count). The number of nitrogen functional groups attached to an aromatic ring is 1. The first kappa shape index (κ1) is 21.4. The number of nitrogens with zero attached hydrogens (tertiary/aromatic N) is 1. The number of amides is 1. The van der Waals surface area contributed by atoms with Gasteiger partial charge in [0, 0.05) is 25.3 Å². The summed E-state index contributed by atoms with van der Waals surface area (Å²) in [6, 6.07) is 5.94. The predicted octanol–water partition coefficient (Wildman–Crippen LogP) is 0.939. The molecule has 1 aliphatic heterocycles. The molecule has 1 atom stereocenters. The van der Waals surface area contributed by atoms with Gasteiger partial charge in [0.25, 0.3) is 10.2 Å². The molecule has 4 N–H and O–H groups in total. The number of benzene rings is 1. The van der Waals surface area contributed by atoms with Gasteiger partial charge < -0.3 is 20.5 Å². The van der Waals surface area contributed by atoms with Gasteiger partial charge in [0.15, 0.2) is 0 Å². The molecule has 152 valence electrons. The third-order valence-electron chi connectivity index (χ3n) is 4.21. The van der Waals surface area contributed by atoms with E-state index in [0.717, 1.165) is 0 Å². The molecule has 0 aromatic heterocycles. The summed E-state index contributed by atoms with van der Waals surface area (Å²) in [5, 5.41) is 2.73. The van der Waals surface area contributed by atoms with Gasteiger partial charge in [-0.25, -0.2) is 9.52 Å². The smallest absolute Gasteiger partial charge is 0.410 e. The summed E-state index contributed by atoms with van der Waals surface area (Å²) in [6.07, 6.45) is -0.662. The van der Waals surface area contributed by atoms with Crippen molar-refractivity contribution in [1.29, 1.82) is 0 Å². The number of hydrogen-bond acceptors (Lipinski definition) is 6. The molecule has 0 spiro atoms. The van der Waals surface area contributed by atoms with Crippen molar-refractivity contribution in [1.82, 2.24) is 14.3 Å². The maximum absolute atomic E-state index is 12.4. The van der Waals surface area contributed by atoms with Gasteiger partial charge in [0.2, 0.25) is 0 Å². The SMILES string of the molecule is CC(C)(C)[C@H](CNS(=O)(=O)N1CCOCC1)NC(=O)Oc1ccc(N)cc1. The number of morpholine rings is 1. The zero-order valence-electron chi connectivity index (χ0n) is 15.9. The zero-order valence-corrected chi connectivity index (χ0v) is 16.7. The van der Waals surface area contributed by atoms with Crippen molar-refractivity contribution >= 4 is 22.0 Å². The molecule has 1 heterocycles. The highest BCUT2D eigenvalue weighted by Crippen LogP contribution is 2.20. The van der Waals surface area contributed by atoms with Crippen LogP contribution in [0.2, 0.25) is 0 Å². The van der Waals surface area contributed by atoms with Gasteiger partial charge in [-0.2, -0.15) is 12.7 Å². The Bertz CT molecular complexity index is 725. The van der Waals surface area contributed by atoms with Crippen molar-refractivity contribution in [3.8, 4) is 5.75 Å². The highest BCUT2D eigenvalue weighted by molar-refractivity contribution is 7.87. The molecule has 0 radical (unpaired) electrons. The Morgan fingerprint density at radius 1 is 1.26 bits per heavy atom. The highest BCUT2D eigenvalue weighted by atomic mass is 32.2. The summed E-state index contributed by atoms with van der Waals surface area (Å²) in [4.78, 5) is 12.2. The van der Waals surface area contributed by atoms with Gasteiger partial charge in [-0.05, 0) is 29.7 Å². The monoisotopic (exact) mass is 400 g/mol. The van der Waals surface area contributed by atoms with Crippen LogP contribution in [0.25, 0.3) is 0 Å². The van der Waals surface area contributed by atoms with Crippen molar-refractivity contribution in [3.05, 3.63) is 24.3 Å². The Kier molecular flexibility index (Phi) is 7.04. The first-order chi connectivity index (χ1) is 12.6. The fourth-order valence-corrected chi connectivity index (χ4v) is 3.64. The second-order valence-electron chi connectivity index (χ2n) is 7.39. The third kappa shape index (κ3) is 6.65. The van der Waals surface area contributed by atoms with Crippen LogP contribution < -0.4 is 20.5 Å². The number of nitrogens with one attached hydrogen (secondary N) is 2. The maximum atomic E-state index is 12.4. The number of rotatable bonds is 6. The van der Waals surface area contributed by atoms with E-state index in [-0.39, 0.29) is 6.54 Å². The quantitative estimate of drug-likeness (QED) is 0.611. The fraction of sp³-hybridized carbons (Fsp3) is 0.588. The molecule has 1 saturated heterocycles. The number of carbonyl (C=O) groups is 1. The molecule has 1 fully saturated rings. The second kappa shape index (κ2) is 8.87. The minimum Gasteiger partial charge on any atom is -0.410 e. The van der Waals surface area contributed by atoms with Crippen molar-refractivity contribution in [2.24, 2.45) is 5.41 Å². The molecular weight excluding hydrogens is 372 g/mol. The summed E-state index contributed by atoms with van der Waals surface area (Å²) in [5.41, 5.74) is 5.77. The topological polar surface area (TPSA) is 123 Å². The summed E-state index contributed by atoms with van der Waals surface area (Å²) in [6.45, 7) is 7.12. The number of hydrogen-bond donors (Lipinski definition) is 3. The molecule has 1 aliphatic rings. The van der Waals surface area contributed by atoms with E-state index in [1.807, 2.05) is 20.8 Å². The standard InChI is InChI=1S/C17H28N4O5S/c1-17(2,3)15(12-19-27(23,24)21-8-10-25-11-9-21)20-16(22)26-14-6-4-13(18)5-7-14/h4-7,15,19H,8-12,18H2,1-3H3,(H,20,22)/t15-/m0/s1. The van der Waals surface area contributed by atoms with Gasteiger partial charge in [-0.3, -0.25) is 0 Å². The average molecular weight is 401 g/mol. The summed E-state index contributed by atoms with van der Waals surface area (Å²) >= 11 is 0. The van der Waals surface area contributed by atoms with Crippen LogP contribution >= 0.6 is 0 Å². The van der Waals surface area contributed by atoms with Crippen LogP contribution in [-0.4, -0.2) is 57.7 Å². The first-order valence-corrected chi connectivity index (χ1v) is 10.2. The summed E-state index contributed by atoms with van der Waals surface area (Å²) in [5.74, 6) is 0.350. The van der Waals surface area contributed by atoms with Crippen LogP contribution in [0.15, 0.2) is 24.3 Å². The summed E-state index contributed by atoms with van der Waals surface area (Å²) < 4.78 is 39.2. The van der Waals surface area contributed by atoms with Crippen LogP contribution in [0, 0.1) is 5.41 Å². The minimum absolute atomic E-state index is 0.0417. The largest absolute Gasteiger partial charge is 0.412 e. The second-order valence-corrected chi connectivity index (χ2v) is 9.14. The van der Waals surface area contributed by atoms with Crippen LogP contribution in [0.1, 0.15) is 20.8 Å². The van der Waals surface area contributed by atoms with E-state index in [4.69, 9.17) is 15.2 Å². The Balaban J connectivity index is 1.96. The van der Waals surface area contributed by atoms with Crippen LogP contribution in [-0.2, 0) is 14.9 Å². The van der Waals surface area contributed by atoms with Gasteiger partial charge in [-0.1, -0.05) is 20.8 Å². The molecule has 1 amide bonds. The van der Waals surface area contributed by atoms with E-state index in [9.17, 15) is 13.2 Å². The van der Waals surface area contributed by atoms with E-state index in [0.29, 0.717) is 37.7 Å². The lowest BCUT2D eigenvalue weighted by atomic mass is 9.87. The van der Waals surface area contributed by atoms with Crippen molar-refractivity contribution < 1.29 is 22.7 Å². The van der Waals surface area contributed by atoms with Crippen LogP contribution in [0.5, 0.6) is 5.75 Å². The van der Waals surface area contributed by atoms with E-state index >= 15 is 0 Å². The molecular formula is C17H28N4O5S. The normalized spacial score (nSPS) is 17.3. The molecule has 0 aliphatic carbocycles. The number of anilines is 1.